The highest BCUT2D eigenvalue weighted by atomic mass is 35.5. The summed E-state index contributed by atoms with van der Waals surface area (Å²) in [4.78, 5) is 11.6. The topological polar surface area (TPSA) is 58.6 Å². The van der Waals surface area contributed by atoms with Crippen molar-refractivity contribution < 1.29 is 14.6 Å². The summed E-state index contributed by atoms with van der Waals surface area (Å²) in [6, 6.07) is 4.68. The maximum atomic E-state index is 11.6. The number of ether oxygens (including phenoxy) is 1. The molecule has 0 spiro atoms. The quantitative estimate of drug-likeness (QED) is 0.849. The molecule has 4 nitrogen and oxygen atoms in total. The van der Waals surface area contributed by atoms with E-state index in [0.29, 0.717) is 22.2 Å². The molecule has 1 rings (SSSR count). The van der Waals surface area contributed by atoms with Crippen LogP contribution in [0.4, 0.5) is 0 Å². The number of hydrogen-bond donors (Lipinski definition) is 2. The number of rotatable bonds is 6. The van der Waals surface area contributed by atoms with Crippen LogP contribution >= 0.6 is 23.2 Å². The van der Waals surface area contributed by atoms with Crippen molar-refractivity contribution in [3.63, 3.8) is 0 Å². The Morgan fingerprint density at radius 3 is 2.74 bits per heavy atom. The Morgan fingerprint density at radius 1 is 1.42 bits per heavy atom. The Balaban J connectivity index is 2.43. The predicted molar refractivity (Wildman–Crippen MR) is 75.9 cm³/mol. The van der Waals surface area contributed by atoms with Gasteiger partial charge in [-0.05, 0) is 32.4 Å². The van der Waals surface area contributed by atoms with Crippen molar-refractivity contribution in [1.82, 2.24) is 5.32 Å². The van der Waals surface area contributed by atoms with E-state index in [1.165, 1.54) is 0 Å². The fourth-order valence-corrected chi connectivity index (χ4v) is 1.95. The van der Waals surface area contributed by atoms with Gasteiger partial charge < -0.3 is 15.2 Å². The molecule has 0 aromatic heterocycles. The summed E-state index contributed by atoms with van der Waals surface area (Å²) >= 11 is 11.7. The molecule has 0 saturated heterocycles. The van der Waals surface area contributed by atoms with E-state index in [-0.39, 0.29) is 18.6 Å². The second-order valence-corrected chi connectivity index (χ2v) is 5.26. The monoisotopic (exact) mass is 305 g/mol. The summed E-state index contributed by atoms with van der Waals surface area (Å²) < 4.78 is 5.29. The van der Waals surface area contributed by atoms with E-state index in [0.717, 1.165) is 0 Å². The van der Waals surface area contributed by atoms with Crippen molar-refractivity contribution in [3.8, 4) is 5.75 Å². The fourth-order valence-electron chi connectivity index (χ4n) is 1.62. The van der Waals surface area contributed by atoms with Crippen LogP contribution in [0.5, 0.6) is 5.75 Å². The zero-order chi connectivity index (χ0) is 14.4. The Morgan fingerprint density at radius 2 is 2.11 bits per heavy atom. The number of halogens is 2. The van der Waals surface area contributed by atoms with E-state index in [9.17, 15) is 9.90 Å². The number of amides is 1. The molecular formula is C13H17Cl2NO3. The molecule has 2 unspecified atom stereocenters. The summed E-state index contributed by atoms with van der Waals surface area (Å²) in [7, 11) is 0. The van der Waals surface area contributed by atoms with E-state index in [4.69, 9.17) is 27.9 Å². The third kappa shape index (κ3) is 6.14. The molecule has 106 valence electrons. The molecule has 0 aliphatic carbocycles. The van der Waals surface area contributed by atoms with Crippen LogP contribution < -0.4 is 10.1 Å². The van der Waals surface area contributed by atoms with Crippen LogP contribution in [0, 0.1) is 0 Å². The number of hydrogen-bond acceptors (Lipinski definition) is 3. The average Bonchev–Trinajstić information content (AvgIpc) is 2.29. The maximum absolute atomic E-state index is 11.6. The van der Waals surface area contributed by atoms with E-state index < -0.39 is 6.10 Å². The van der Waals surface area contributed by atoms with Crippen molar-refractivity contribution in [1.29, 1.82) is 0 Å². The third-order valence-corrected chi connectivity index (χ3v) is 2.90. The Bertz CT molecular complexity index is 438. The van der Waals surface area contributed by atoms with Gasteiger partial charge in [0.25, 0.3) is 5.91 Å². The van der Waals surface area contributed by atoms with Gasteiger partial charge in [0.1, 0.15) is 5.75 Å². The minimum absolute atomic E-state index is 0.120. The second kappa shape index (κ2) is 7.58. The molecule has 0 bridgehead atoms. The summed E-state index contributed by atoms with van der Waals surface area (Å²) in [5, 5.41) is 12.8. The SMILES string of the molecule is CC(O)CC(C)NC(=O)COc1cc(Cl)ccc1Cl. The number of carbonyl (C=O) groups excluding carboxylic acids is 1. The minimum Gasteiger partial charge on any atom is -0.482 e. The van der Waals surface area contributed by atoms with E-state index in [1.807, 2.05) is 6.92 Å². The molecule has 1 aromatic rings. The van der Waals surface area contributed by atoms with Gasteiger partial charge >= 0.3 is 0 Å². The minimum atomic E-state index is -0.460. The van der Waals surface area contributed by atoms with Crippen molar-refractivity contribution >= 4 is 29.1 Å². The molecule has 0 radical (unpaired) electrons. The second-order valence-electron chi connectivity index (χ2n) is 4.42. The van der Waals surface area contributed by atoms with Gasteiger partial charge in [0.05, 0.1) is 11.1 Å². The van der Waals surface area contributed by atoms with Crippen LogP contribution in [0.1, 0.15) is 20.3 Å². The predicted octanol–water partition coefficient (Wildman–Crippen LogP) is 2.65. The maximum Gasteiger partial charge on any atom is 0.258 e. The largest absolute Gasteiger partial charge is 0.482 e. The zero-order valence-electron chi connectivity index (χ0n) is 10.8. The standard InChI is InChI=1S/C13H17Cl2NO3/c1-8(5-9(2)17)16-13(18)7-19-12-6-10(14)3-4-11(12)15/h3-4,6,8-9,17H,5,7H2,1-2H3,(H,16,18). The molecule has 6 heteroatoms. The summed E-state index contributed by atoms with van der Waals surface area (Å²) in [6.07, 6.45) is 0.0301. The first kappa shape index (κ1) is 16.1. The van der Waals surface area contributed by atoms with E-state index >= 15 is 0 Å². The number of nitrogens with one attached hydrogen (secondary N) is 1. The van der Waals surface area contributed by atoms with Crippen LogP contribution in [0.25, 0.3) is 0 Å². The van der Waals surface area contributed by atoms with Gasteiger partial charge in [-0.1, -0.05) is 23.2 Å². The first-order valence-corrected chi connectivity index (χ1v) is 6.69. The molecule has 2 N–H and O–H groups in total. The molecular weight excluding hydrogens is 289 g/mol. The van der Waals surface area contributed by atoms with Crippen molar-refractivity contribution in [2.45, 2.75) is 32.4 Å². The number of aliphatic hydroxyl groups excluding tert-OH is 1. The van der Waals surface area contributed by atoms with E-state index in [2.05, 4.69) is 5.32 Å². The van der Waals surface area contributed by atoms with Gasteiger partial charge in [0.2, 0.25) is 0 Å². The molecule has 1 amide bonds. The molecule has 0 heterocycles. The lowest BCUT2D eigenvalue weighted by atomic mass is 10.1. The fraction of sp³-hybridized carbons (Fsp3) is 0.462. The first-order valence-electron chi connectivity index (χ1n) is 5.93. The number of aliphatic hydroxyl groups is 1. The normalized spacial score (nSPS) is 13.7. The van der Waals surface area contributed by atoms with Crippen LogP contribution in [-0.4, -0.2) is 29.8 Å². The lowest BCUT2D eigenvalue weighted by Crippen LogP contribution is -2.37. The zero-order valence-corrected chi connectivity index (χ0v) is 12.3. The van der Waals surface area contributed by atoms with Crippen LogP contribution in [0.3, 0.4) is 0 Å². The van der Waals surface area contributed by atoms with Gasteiger partial charge in [-0.3, -0.25) is 4.79 Å². The van der Waals surface area contributed by atoms with Gasteiger partial charge in [0.15, 0.2) is 6.61 Å². The average molecular weight is 306 g/mol. The lowest BCUT2D eigenvalue weighted by Gasteiger charge is -2.15. The Kier molecular flexibility index (Phi) is 6.42. The van der Waals surface area contributed by atoms with Gasteiger partial charge in [-0.15, -0.1) is 0 Å². The lowest BCUT2D eigenvalue weighted by molar-refractivity contribution is -0.123. The molecule has 1 aromatic carbocycles. The highest BCUT2D eigenvalue weighted by Crippen LogP contribution is 2.27. The summed E-state index contributed by atoms with van der Waals surface area (Å²) in [5.41, 5.74) is 0. The Hall–Kier alpha value is -0.970. The van der Waals surface area contributed by atoms with Gasteiger partial charge in [-0.25, -0.2) is 0 Å². The molecule has 0 saturated carbocycles. The molecule has 2 atom stereocenters. The molecule has 19 heavy (non-hydrogen) atoms. The summed E-state index contributed by atoms with van der Waals surface area (Å²) in [5.74, 6) is 0.0942. The van der Waals surface area contributed by atoms with E-state index in [1.54, 1.807) is 25.1 Å². The number of carbonyl (C=O) groups is 1. The first-order chi connectivity index (χ1) is 8.88. The van der Waals surface area contributed by atoms with Crippen LogP contribution in [-0.2, 0) is 4.79 Å². The van der Waals surface area contributed by atoms with Crippen molar-refractivity contribution in [2.75, 3.05) is 6.61 Å². The van der Waals surface area contributed by atoms with Crippen molar-refractivity contribution in [3.05, 3.63) is 28.2 Å². The Labute approximate surface area is 122 Å². The third-order valence-electron chi connectivity index (χ3n) is 2.35. The highest BCUT2D eigenvalue weighted by Gasteiger charge is 2.11. The van der Waals surface area contributed by atoms with Gasteiger partial charge in [-0.2, -0.15) is 0 Å². The molecule has 0 aliphatic rings. The highest BCUT2D eigenvalue weighted by molar-refractivity contribution is 6.34. The molecule has 0 aliphatic heterocycles. The van der Waals surface area contributed by atoms with Crippen LogP contribution in [0.2, 0.25) is 10.0 Å². The van der Waals surface area contributed by atoms with Gasteiger partial charge in [0, 0.05) is 17.1 Å². The van der Waals surface area contributed by atoms with Crippen molar-refractivity contribution in [2.24, 2.45) is 0 Å². The molecule has 0 fully saturated rings. The number of benzene rings is 1. The smallest absolute Gasteiger partial charge is 0.258 e. The summed E-state index contributed by atoms with van der Waals surface area (Å²) in [6.45, 7) is 3.34. The van der Waals surface area contributed by atoms with Crippen LogP contribution in [0.15, 0.2) is 18.2 Å².